The van der Waals surface area contributed by atoms with Crippen LogP contribution >= 0.6 is 0 Å². The van der Waals surface area contributed by atoms with Crippen molar-refractivity contribution in [2.75, 3.05) is 18.6 Å². The first-order valence-electron chi connectivity index (χ1n) is 6.41. The Labute approximate surface area is 123 Å². The van der Waals surface area contributed by atoms with E-state index in [4.69, 9.17) is 0 Å². The van der Waals surface area contributed by atoms with E-state index >= 15 is 0 Å². The summed E-state index contributed by atoms with van der Waals surface area (Å²) >= 11 is 0. The average molecular weight is 329 g/mol. The van der Waals surface area contributed by atoms with Crippen molar-refractivity contribution in [1.29, 1.82) is 0 Å². The van der Waals surface area contributed by atoms with Gasteiger partial charge in [-0.3, -0.25) is 0 Å². The summed E-state index contributed by atoms with van der Waals surface area (Å²) in [7, 11) is -5.42. The number of nitrogens with one attached hydrogen (secondary N) is 1. The second-order valence-electron chi connectivity index (χ2n) is 5.16. The highest BCUT2D eigenvalue weighted by atomic mass is 32.2. The first kappa shape index (κ1) is 14.5. The third-order valence-corrected chi connectivity index (χ3v) is 7.45. The topological polar surface area (TPSA) is 100 Å². The monoisotopic (exact) mass is 329 g/mol. The van der Waals surface area contributed by atoms with Crippen molar-refractivity contribution in [3.05, 3.63) is 24.5 Å². The molecule has 3 rings (SSSR count). The molecule has 1 unspecified atom stereocenters. The Morgan fingerprint density at radius 3 is 2.81 bits per heavy atom. The molecular weight excluding hydrogens is 314 g/mol. The van der Waals surface area contributed by atoms with E-state index in [-0.39, 0.29) is 16.4 Å². The van der Waals surface area contributed by atoms with Crippen molar-refractivity contribution in [1.82, 2.24) is 14.3 Å². The maximum absolute atomic E-state index is 12.6. The van der Waals surface area contributed by atoms with Crippen LogP contribution in [0.4, 0.5) is 0 Å². The second-order valence-corrected chi connectivity index (χ2v) is 9.39. The number of hydrogen-bond donors (Lipinski definition) is 1. The summed E-state index contributed by atoms with van der Waals surface area (Å²) in [6.07, 6.45) is 1.83. The van der Waals surface area contributed by atoms with E-state index in [0.717, 1.165) is 4.31 Å². The van der Waals surface area contributed by atoms with Crippen molar-refractivity contribution in [2.24, 2.45) is 0 Å². The Morgan fingerprint density at radius 2 is 2.14 bits per heavy atom. The maximum atomic E-state index is 12.6. The zero-order valence-corrected chi connectivity index (χ0v) is 13.0. The van der Waals surface area contributed by atoms with Crippen molar-refractivity contribution < 1.29 is 16.8 Å². The Hall–Kier alpha value is -1.45. The lowest BCUT2D eigenvalue weighted by Gasteiger charge is -2.22. The predicted molar refractivity (Wildman–Crippen MR) is 78.1 cm³/mol. The molecule has 0 saturated carbocycles. The van der Waals surface area contributed by atoms with Crippen LogP contribution in [0.15, 0.2) is 29.4 Å². The van der Waals surface area contributed by atoms with Gasteiger partial charge in [0.1, 0.15) is 0 Å². The van der Waals surface area contributed by atoms with E-state index in [9.17, 15) is 16.8 Å². The van der Waals surface area contributed by atoms with Gasteiger partial charge >= 0.3 is 0 Å². The number of H-pyrrole nitrogens is 1. The van der Waals surface area contributed by atoms with Gasteiger partial charge in [0.25, 0.3) is 0 Å². The Bertz CT molecular complexity index is 886. The summed E-state index contributed by atoms with van der Waals surface area (Å²) in [5.41, 5.74) is 1.31. The zero-order valence-electron chi connectivity index (χ0n) is 11.4. The number of benzene rings is 1. The van der Waals surface area contributed by atoms with Gasteiger partial charge in [0, 0.05) is 13.1 Å². The number of sulfonamides is 1. The molecule has 1 saturated heterocycles. The lowest BCUT2D eigenvalue weighted by molar-refractivity contribution is 0.394. The van der Waals surface area contributed by atoms with Gasteiger partial charge in [0.15, 0.2) is 9.84 Å². The molecule has 0 bridgehead atoms. The molecule has 0 aliphatic carbocycles. The molecule has 1 atom stereocenters. The standard InChI is InChI=1S/C12H15N3O4S2/c1-15(9-4-5-20(16,17)7-9)21(18,19)10-2-3-11-12(6-10)14-8-13-11/h2-3,6,8-9H,4-5,7H2,1H3,(H,13,14). The molecule has 9 heteroatoms. The lowest BCUT2D eigenvalue weighted by Crippen LogP contribution is -2.37. The third kappa shape index (κ3) is 2.56. The van der Waals surface area contributed by atoms with E-state index < -0.39 is 25.9 Å². The summed E-state index contributed by atoms with van der Waals surface area (Å²) in [6, 6.07) is 4.12. The van der Waals surface area contributed by atoms with Crippen LogP contribution in [0.5, 0.6) is 0 Å². The third-order valence-electron chi connectivity index (χ3n) is 3.79. The van der Waals surface area contributed by atoms with E-state index in [1.807, 2.05) is 0 Å². The number of imidazole rings is 1. The number of fused-ring (bicyclic) bond motifs is 1. The zero-order chi connectivity index (χ0) is 15.3. The maximum Gasteiger partial charge on any atom is 0.243 e. The summed E-state index contributed by atoms with van der Waals surface area (Å²) in [4.78, 5) is 7.03. The van der Waals surface area contributed by atoms with Crippen LogP contribution in [-0.4, -0.2) is 55.7 Å². The van der Waals surface area contributed by atoms with Crippen molar-refractivity contribution >= 4 is 30.9 Å². The fourth-order valence-corrected chi connectivity index (χ4v) is 5.78. The van der Waals surface area contributed by atoms with Gasteiger partial charge in [-0.25, -0.2) is 21.8 Å². The summed E-state index contributed by atoms with van der Waals surface area (Å²) in [5, 5.41) is 0. The highest BCUT2D eigenvalue weighted by molar-refractivity contribution is 7.92. The molecule has 0 spiro atoms. The minimum atomic E-state index is -3.72. The molecule has 1 aromatic carbocycles. The van der Waals surface area contributed by atoms with Gasteiger partial charge in [-0.2, -0.15) is 4.31 Å². The summed E-state index contributed by atoms with van der Waals surface area (Å²) < 4.78 is 49.4. The molecule has 21 heavy (non-hydrogen) atoms. The fraction of sp³-hybridized carbons (Fsp3) is 0.417. The van der Waals surface area contributed by atoms with Crippen LogP contribution in [0, 0.1) is 0 Å². The predicted octanol–water partition coefficient (Wildman–Crippen LogP) is 0.370. The van der Waals surface area contributed by atoms with Crippen LogP contribution in [0.2, 0.25) is 0 Å². The molecule has 0 radical (unpaired) electrons. The molecule has 2 aromatic rings. The average Bonchev–Trinajstić information content (AvgIpc) is 3.02. The van der Waals surface area contributed by atoms with Gasteiger partial charge in [-0.05, 0) is 24.6 Å². The molecule has 1 aliphatic rings. The Morgan fingerprint density at radius 1 is 1.38 bits per heavy atom. The fourth-order valence-electron chi connectivity index (χ4n) is 2.50. The van der Waals surface area contributed by atoms with E-state index in [0.29, 0.717) is 17.5 Å². The molecule has 1 aromatic heterocycles. The highest BCUT2D eigenvalue weighted by Gasteiger charge is 2.36. The molecule has 7 nitrogen and oxygen atoms in total. The van der Waals surface area contributed by atoms with E-state index in [2.05, 4.69) is 9.97 Å². The number of aromatic nitrogens is 2. The first-order valence-corrected chi connectivity index (χ1v) is 9.67. The van der Waals surface area contributed by atoms with Gasteiger partial charge in [-0.15, -0.1) is 0 Å². The molecule has 1 fully saturated rings. The lowest BCUT2D eigenvalue weighted by atomic mass is 10.3. The minimum absolute atomic E-state index is 0.0388. The van der Waals surface area contributed by atoms with Crippen molar-refractivity contribution in [3.63, 3.8) is 0 Å². The van der Waals surface area contributed by atoms with Gasteiger partial charge in [-0.1, -0.05) is 0 Å². The van der Waals surface area contributed by atoms with Crippen molar-refractivity contribution in [2.45, 2.75) is 17.4 Å². The van der Waals surface area contributed by atoms with Crippen LogP contribution < -0.4 is 0 Å². The molecule has 1 N–H and O–H groups in total. The summed E-state index contributed by atoms with van der Waals surface area (Å²) in [5.74, 6) is -0.0772. The quantitative estimate of drug-likeness (QED) is 0.877. The van der Waals surface area contributed by atoms with Crippen LogP contribution in [0.1, 0.15) is 6.42 Å². The summed E-state index contributed by atoms with van der Waals surface area (Å²) in [6.45, 7) is 0. The SMILES string of the molecule is CN(C1CCS(=O)(=O)C1)S(=O)(=O)c1ccc2nc[nH]c2c1. The van der Waals surface area contributed by atoms with Gasteiger partial charge in [0.2, 0.25) is 10.0 Å². The van der Waals surface area contributed by atoms with Gasteiger partial charge < -0.3 is 4.98 Å². The number of hydrogen-bond acceptors (Lipinski definition) is 5. The highest BCUT2D eigenvalue weighted by Crippen LogP contribution is 2.24. The largest absolute Gasteiger partial charge is 0.345 e. The van der Waals surface area contributed by atoms with Crippen LogP contribution in [0.3, 0.4) is 0 Å². The molecule has 0 amide bonds. The van der Waals surface area contributed by atoms with Crippen LogP contribution in [-0.2, 0) is 19.9 Å². The van der Waals surface area contributed by atoms with Crippen LogP contribution in [0.25, 0.3) is 11.0 Å². The number of sulfone groups is 1. The number of nitrogens with zero attached hydrogens (tertiary/aromatic N) is 2. The minimum Gasteiger partial charge on any atom is -0.345 e. The van der Waals surface area contributed by atoms with E-state index in [1.165, 1.54) is 25.5 Å². The number of rotatable bonds is 3. The van der Waals surface area contributed by atoms with Gasteiger partial charge in [0.05, 0.1) is 33.8 Å². The second kappa shape index (κ2) is 4.79. The normalized spacial score (nSPS) is 22.1. The first-order chi connectivity index (χ1) is 9.79. The molecular formula is C12H15N3O4S2. The Balaban J connectivity index is 1.95. The molecule has 2 heterocycles. The Kier molecular flexibility index (Phi) is 3.30. The molecule has 1 aliphatic heterocycles. The molecule has 114 valence electrons. The number of aromatic amines is 1. The smallest absolute Gasteiger partial charge is 0.243 e. The van der Waals surface area contributed by atoms with E-state index in [1.54, 1.807) is 6.07 Å². The van der Waals surface area contributed by atoms with Crippen molar-refractivity contribution in [3.8, 4) is 0 Å².